The third-order valence-corrected chi connectivity index (χ3v) is 5.17. The third kappa shape index (κ3) is 3.79. The Hall–Kier alpha value is -0.880. The van der Waals surface area contributed by atoms with Crippen molar-refractivity contribution in [2.75, 3.05) is 6.54 Å². The Morgan fingerprint density at radius 2 is 2.26 bits per heavy atom. The summed E-state index contributed by atoms with van der Waals surface area (Å²) in [5.74, 6) is 1.88. The molecule has 1 aromatic heterocycles. The van der Waals surface area contributed by atoms with E-state index >= 15 is 0 Å². The summed E-state index contributed by atoms with van der Waals surface area (Å²) in [7, 11) is -3.43. The Balaban J connectivity index is 1.93. The summed E-state index contributed by atoms with van der Waals surface area (Å²) in [6.07, 6.45) is 6.81. The first-order valence-electron chi connectivity index (χ1n) is 7.04. The number of aromatic amines is 1. The number of hydrogen-bond acceptors (Lipinski definition) is 3. The minimum absolute atomic E-state index is 0.174. The van der Waals surface area contributed by atoms with Crippen LogP contribution in [-0.4, -0.2) is 24.9 Å². The molecular formula is C13H23N3O2S. The van der Waals surface area contributed by atoms with Gasteiger partial charge in [0.15, 0.2) is 5.03 Å². The number of aryl methyl sites for hydroxylation is 1. The Labute approximate surface area is 115 Å². The Kier molecular flexibility index (Phi) is 4.62. The van der Waals surface area contributed by atoms with Gasteiger partial charge in [-0.05, 0) is 24.7 Å². The summed E-state index contributed by atoms with van der Waals surface area (Å²) in [4.78, 5) is 6.87. The van der Waals surface area contributed by atoms with Crippen molar-refractivity contribution in [1.82, 2.24) is 14.7 Å². The maximum atomic E-state index is 12.1. The van der Waals surface area contributed by atoms with Gasteiger partial charge in [-0.1, -0.05) is 26.7 Å². The predicted octanol–water partition coefficient (Wildman–Crippen LogP) is 2.08. The summed E-state index contributed by atoms with van der Waals surface area (Å²) in [6.45, 7) is 4.71. The topological polar surface area (TPSA) is 74.8 Å². The quantitative estimate of drug-likeness (QED) is 0.869. The molecule has 1 aromatic rings. The van der Waals surface area contributed by atoms with Crippen LogP contribution in [0.2, 0.25) is 0 Å². The number of rotatable bonds is 5. The second-order valence-corrected chi connectivity index (χ2v) is 7.27. The summed E-state index contributed by atoms with van der Waals surface area (Å²) in [6, 6.07) is 0. The molecule has 0 bridgehead atoms. The monoisotopic (exact) mass is 285 g/mol. The van der Waals surface area contributed by atoms with Crippen molar-refractivity contribution in [3.05, 3.63) is 12.0 Å². The minimum Gasteiger partial charge on any atom is -0.332 e. The van der Waals surface area contributed by atoms with E-state index < -0.39 is 10.0 Å². The Morgan fingerprint density at radius 1 is 1.47 bits per heavy atom. The van der Waals surface area contributed by atoms with Gasteiger partial charge >= 0.3 is 0 Å². The van der Waals surface area contributed by atoms with Crippen molar-refractivity contribution in [2.24, 2.45) is 11.8 Å². The van der Waals surface area contributed by atoms with Gasteiger partial charge in [-0.2, -0.15) is 0 Å². The zero-order chi connectivity index (χ0) is 13.9. The van der Waals surface area contributed by atoms with E-state index in [0.29, 0.717) is 30.6 Å². The fourth-order valence-electron chi connectivity index (χ4n) is 2.71. The highest BCUT2D eigenvalue weighted by atomic mass is 32.2. The Bertz CT molecular complexity index is 510. The van der Waals surface area contributed by atoms with E-state index in [0.717, 1.165) is 12.8 Å². The summed E-state index contributed by atoms with van der Waals surface area (Å²) >= 11 is 0. The number of aromatic nitrogens is 2. The molecule has 6 heteroatoms. The smallest absolute Gasteiger partial charge is 0.257 e. The van der Waals surface area contributed by atoms with Crippen LogP contribution in [0.1, 0.15) is 45.4 Å². The molecule has 2 N–H and O–H groups in total. The van der Waals surface area contributed by atoms with E-state index in [4.69, 9.17) is 0 Å². The standard InChI is InChI=1S/C13H23N3O2S/c1-3-12-14-9-13(16-12)19(17,18)15-8-11-6-4-5-10(2)7-11/h9-11,15H,3-8H2,1-2H3,(H,14,16). The highest BCUT2D eigenvalue weighted by molar-refractivity contribution is 7.89. The molecule has 0 aromatic carbocycles. The number of imidazole rings is 1. The van der Waals surface area contributed by atoms with Crippen LogP contribution in [0, 0.1) is 11.8 Å². The molecule has 2 atom stereocenters. The second kappa shape index (κ2) is 6.05. The van der Waals surface area contributed by atoms with Crippen molar-refractivity contribution in [3.8, 4) is 0 Å². The molecule has 5 nitrogen and oxygen atoms in total. The van der Waals surface area contributed by atoms with Gasteiger partial charge < -0.3 is 4.98 Å². The molecule has 1 saturated carbocycles. The van der Waals surface area contributed by atoms with Crippen LogP contribution in [0.5, 0.6) is 0 Å². The fraction of sp³-hybridized carbons (Fsp3) is 0.769. The molecule has 1 fully saturated rings. The normalized spacial score (nSPS) is 24.5. The van der Waals surface area contributed by atoms with Crippen LogP contribution in [-0.2, 0) is 16.4 Å². The number of nitrogens with zero attached hydrogens (tertiary/aromatic N) is 1. The SMILES string of the molecule is CCc1ncc(S(=O)(=O)NCC2CCCC(C)C2)[nH]1. The number of nitrogens with one attached hydrogen (secondary N) is 2. The highest BCUT2D eigenvalue weighted by Gasteiger charge is 2.22. The number of H-pyrrole nitrogens is 1. The molecule has 1 heterocycles. The molecule has 2 rings (SSSR count). The van der Waals surface area contributed by atoms with E-state index in [1.807, 2.05) is 6.92 Å². The third-order valence-electron chi connectivity index (χ3n) is 3.84. The maximum absolute atomic E-state index is 12.1. The molecule has 0 aliphatic heterocycles. The van der Waals surface area contributed by atoms with E-state index in [2.05, 4.69) is 21.6 Å². The van der Waals surface area contributed by atoms with Gasteiger partial charge in [0.05, 0.1) is 6.20 Å². The van der Waals surface area contributed by atoms with E-state index in [9.17, 15) is 8.42 Å². The molecule has 0 radical (unpaired) electrons. The van der Waals surface area contributed by atoms with Crippen LogP contribution in [0.4, 0.5) is 0 Å². The maximum Gasteiger partial charge on any atom is 0.257 e. The molecule has 1 aliphatic rings. The zero-order valence-corrected chi connectivity index (χ0v) is 12.5. The van der Waals surface area contributed by atoms with Gasteiger partial charge in [0.25, 0.3) is 10.0 Å². The van der Waals surface area contributed by atoms with Crippen LogP contribution in [0.25, 0.3) is 0 Å². The van der Waals surface area contributed by atoms with Crippen LogP contribution in [0.15, 0.2) is 11.2 Å². The predicted molar refractivity (Wildman–Crippen MR) is 74.3 cm³/mol. The average Bonchev–Trinajstić information content (AvgIpc) is 2.86. The molecule has 1 aliphatic carbocycles. The first-order valence-corrected chi connectivity index (χ1v) is 8.53. The van der Waals surface area contributed by atoms with Crippen LogP contribution >= 0.6 is 0 Å². The van der Waals surface area contributed by atoms with Crippen LogP contribution < -0.4 is 4.72 Å². The van der Waals surface area contributed by atoms with Crippen LogP contribution in [0.3, 0.4) is 0 Å². The zero-order valence-electron chi connectivity index (χ0n) is 11.6. The summed E-state index contributed by atoms with van der Waals surface area (Å²) in [5, 5.41) is 0.174. The number of sulfonamides is 1. The van der Waals surface area contributed by atoms with E-state index in [-0.39, 0.29) is 5.03 Å². The first-order chi connectivity index (χ1) is 9.01. The fourth-order valence-corrected chi connectivity index (χ4v) is 3.76. The van der Waals surface area contributed by atoms with Gasteiger partial charge in [-0.15, -0.1) is 0 Å². The molecule has 0 amide bonds. The lowest BCUT2D eigenvalue weighted by Crippen LogP contribution is -2.31. The summed E-state index contributed by atoms with van der Waals surface area (Å²) in [5.41, 5.74) is 0. The molecule has 108 valence electrons. The lowest BCUT2D eigenvalue weighted by molar-refractivity contribution is 0.283. The molecule has 0 spiro atoms. The van der Waals surface area contributed by atoms with Crippen molar-refractivity contribution in [2.45, 2.75) is 51.0 Å². The van der Waals surface area contributed by atoms with Gasteiger partial charge in [0.2, 0.25) is 0 Å². The number of hydrogen-bond donors (Lipinski definition) is 2. The highest BCUT2D eigenvalue weighted by Crippen LogP contribution is 2.28. The van der Waals surface area contributed by atoms with E-state index in [1.165, 1.54) is 19.0 Å². The van der Waals surface area contributed by atoms with Crippen molar-refractivity contribution in [3.63, 3.8) is 0 Å². The van der Waals surface area contributed by atoms with E-state index in [1.54, 1.807) is 0 Å². The van der Waals surface area contributed by atoms with Crippen molar-refractivity contribution < 1.29 is 8.42 Å². The van der Waals surface area contributed by atoms with Crippen molar-refractivity contribution >= 4 is 10.0 Å². The molecule has 2 unspecified atom stereocenters. The van der Waals surface area contributed by atoms with Gasteiger partial charge in [-0.3, -0.25) is 0 Å². The molecule has 0 saturated heterocycles. The first kappa shape index (κ1) is 14.5. The minimum atomic E-state index is -3.43. The lowest BCUT2D eigenvalue weighted by Gasteiger charge is -2.26. The van der Waals surface area contributed by atoms with Gasteiger partial charge in [-0.25, -0.2) is 18.1 Å². The summed E-state index contributed by atoms with van der Waals surface area (Å²) < 4.78 is 26.9. The Morgan fingerprint density at radius 3 is 2.89 bits per heavy atom. The second-order valence-electron chi connectivity index (χ2n) is 5.54. The molecule has 19 heavy (non-hydrogen) atoms. The van der Waals surface area contributed by atoms with Gasteiger partial charge in [0.1, 0.15) is 5.82 Å². The lowest BCUT2D eigenvalue weighted by atomic mass is 9.83. The average molecular weight is 285 g/mol. The van der Waals surface area contributed by atoms with Gasteiger partial charge in [0, 0.05) is 13.0 Å². The van der Waals surface area contributed by atoms with Crippen molar-refractivity contribution in [1.29, 1.82) is 0 Å². The molecular weight excluding hydrogens is 262 g/mol. The largest absolute Gasteiger partial charge is 0.332 e.